The van der Waals surface area contributed by atoms with Crippen molar-refractivity contribution in [1.29, 1.82) is 0 Å². The largest absolute Gasteiger partial charge is 0.355 e. The maximum absolute atomic E-state index is 13.1. The highest BCUT2D eigenvalue weighted by atomic mass is 35.5. The number of amides is 2. The fourth-order valence-electron chi connectivity index (χ4n) is 4.07. The summed E-state index contributed by atoms with van der Waals surface area (Å²) in [7, 11) is 0. The molecule has 0 radical (unpaired) electrons. The number of para-hydroxylation sites is 2. The number of carbonyl (C=O) groups excluding carboxylic acids is 2. The van der Waals surface area contributed by atoms with Crippen molar-refractivity contribution in [2.45, 2.75) is 59.2 Å². The van der Waals surface area contributed by atoms with Crippen LogP contribution in [0.5, 0.6) is 0 Å². The molecule has 0 saturated carbocycles. The van der Waals surface area contributed by atoms with Crippen LogP contribution in [0, 0.1) is 0 Å². The van der Waals surface area contributed by atoms with E-state index < -0.39 is 0 Å². The lowest BCUT2D eigenvalue weighted by molar-refractivity contribution is -0.135. The average molecular weight is 455 g/mol. The Morgan fingerprint density at radius 2 is 1.69 bits per heavy atom. The molecule has 170 valence electrons. The van der Waals surface area contributed by atoms with Crippen LogP contribution < -0.4 is 5.32 Å². The minimum absolute atomic E-state index is 0.0576. The third kappa shape index (κ3) is 5.68. The molecule has 2 aromatic carbocycles. The van der Waals surface area contributed by atoms with Crippen molar-refractivity contribution in [3.05, 3.63) is 64.9 Å². The number of halogens is 1. The van der Waals surface area contributed by atoms with Crippen molar-refractivity contribution in [2.24, 2.45) is 0 Å². The van der Waals surface area contributed by atoms with Crippen LogP contribution in [0.2, 0.25) is 5.02 Å². The summed E-state index contributed by atoms with van der Waals surface area (Å²) >= 11 is 6.15. The lowest BCUT2D eigenvalue weighted by Gasteiger charge is -2.31. The second-order valence-electron chi connectivity index (χ2n) is 8.46. The molecule has 7 heteroatoms. The summed E-state index contributed by atoms with van der Waals surface area (Å²) in [4.78, 5) is 32.1. The Bertz CT molecular complexity index is 1080. The molecule has 1 N–H and O–H groups in total. The van der Waals surface area contributed by atoms with E-state index in [1.807, 2.05) is 79.6 Å². The molecule has 1 heterocycles. The van der Waals surface area contributed by atoms with Crippen molar-refractivity contribution in [2.75, 3.05) is 6.54 Å². The fourth-order valence-corrected chi connectivity index (χ4v) is 4.28. The number of benzene rings is 2. The molecule has 0 fully saturated rings. The number of hydrogen-bond acceptors (Lipinski definition) is 3. The van der Waals surface area contributed by atoms with E-state index in [9.17, 15) is 9.59 Å². The summed E-state index contributed by atoms with van der Waals surface area (Å²) in [5.41, 5.74) is 2.57. The molecular formula is C25H31ClN4O2. The second kappa shape index (κ2) is 10.6. The zero-order valence-corrected chi connectivity index (χ0v) is 19.9. The van der Waals surface area contributed by atoms with Crippen LogP contribution in [0.15, 0.2) is 48.5 Å². The maximum atomic E-state index is 13.1. The second-order valence-corrected chi connectivity index (χ2v) is 8.87. The van der Waals surface area contributed by atoms with E-state index in [1.54, 1.807) is 6.07 Å². The van der Waals surface area contributed by atoms with Gasteiger partial charge in [0.05, 0.1) is 17.5 Å². The Morgan fingerprint density at radius 1 is 1.03 bits per heavy atom. The van der Waals surface area contributed by atoms with Gasteiger partial charge in [-0.25, -0.2) is 4.98 Å². The lowest BCUT2D eigenvalue weighted by Crippen LogP contribution is -2.43. The number of carbonyl (C=O) groups is 2. The van der Waals surface area contributed by atoms with Crippen LogP contribution in [-0.2, 0) is 29.0 Å². The average Bonchev–Trinajstić information content (AvgIpc) is 3.06. The molecule has 0 aliphatic heterocycles. The van der Waals surface area contributed by atoms with Gasteiger partial charge in [-0.1, -0.05) is 41.9 Å². The predicted molar refractivity (Wildman–Crippen MR) is 129 cm³/mol. The van der Waals surface area contributed by atoms with Crippen LogP contribution in [0.1, 0.15) is 39.1 Å². The molecule has 2 amide bonds. The summed E-state index contributed by atoms with van der Waals surface area (Å²) in [6, 6.07) is 15.4. The molecule has 0 unspecified atom stereocenters. The molecule has 32 heavy (non-hydrogen) atoms. The standard InChI is InChI=1S/C25H31ClN4O2/c1-17(2)30(18(3)4)25(32)16-29-22-12-8-7-11-21(22)28-23(29)13-14-27-24(31)15-19-9-5-6-10-20(19)26/h5-12,17-18H,13-16H2,1-4H3,(H,27,31). The molecule has 0 aliphatic rings. The Labute approximate surface area is 194 Å². The smallest absolute Gasteiger partial charge is 0.243 e. The summed E-state index contributed by atoms with van der Waals surface area (Å²) in [6.45, 7) is 8.76. The zero-order chi connectivity index (χ0) is 23.3. The number of nitrogens with zero attached hydrogens (tertiary/aromatic N) is 3. The van der Waals surface area contributed by atoms with Gasteiger partial charge in [0.1, 0.15) is 12.4 Å². The van der Waals surface area contributed by atoms with Crippen molar-refractivity contribution < 1.29 is 9.59 Å². The van der Waals surface area contributed by atoms with Gasteiger partial charge in [0, 0.05) is 30.1 Å². The molecule has 6 nitrogen and oxygen atoms in total. The monoisotopic (exact) mass is 454 g/mol. The van der Waals surface area contributed by atoms with E-state index in [1.165, 1.54) is 0 Å². The van der Waals surface area contributed by atoms with Crippen LogP contribution >= 0.6 is 11.6 Å². The van der Waals surface area contributed by atoms with E-state index >= 15 is 0 Å². The molecule has 0 atom stereocenters. The summed E-state index contributed by atoms with van der Waals surface area (Å²) < 4.78 is 1.97. The van der Waals surface area contributed by atoms with Crippen molar-refractivity contribution in [1.82, 2.24) is 19.8 Å². The molecule has 3 rings (SSSR count). The maximum Gasteiger partial charge on any atom is 0.243 e. The number of imidazole rings is 1. The van der Waals surface area contributed by atoms with Gasteiger partial charge in [0.25, 0.3) is 0 Å². The summed E-state index contributed by atoms with van der Waals surface area (Å²) in [6.07, 6.45) is 0.756. The number of nitrogens with one attached hydrogen (secondary N) is 1. The van der Waals surface area contributed by atoms with Gasteiger partial charge in [-0.05, 0) is 51.5 Å². The number of rotatable bonds is 9. The SMILES string of the molecule is CC(C)N(C(=O)Cn1c(CCNC(=O)Cc2ccccc2Cl)nc2ccccc21)C(C)C. The Kier molecular flexibility index (Phi) is 7.91. The van der Waals surface area contributed by atoms with Crippen LogP contribution in [-0.4, -0.2) is 44.9 Å². The number of fused-ring (bicyclic) bond motifs is 1. The molecule has 3 aromatic rings. The van der Waals surface area contributed by atoms with Crippen LogP contribution in [0.25, 0.3) is 11.0 Å². The highest BCUT2D eigenvalue weighted by Gasteiger charge is 2.22. The third-order valence-corrected chi connectivity index (χ3v) is 5.78. The molecule has 1 aromatic heterocycles. The van der Waals surface area contributed by atoms with Crippen molar-refractivity contribution >= 4 is 34.4 Å². The van der Waals surface area contributed by atoms with E-state index in [0.717, 1.165) is 22.4 Å². The van der Waals surface area contributed by atoms with Crippen molar-refractivity contribution in [3.8, 4) is 0 Å². The van der Waals surface area contributed by atoms with Gasteiger partial charge < -0.3 is 14.8 Å². The van der Waals surface area contributed by atoms with Gasteiger partial charge in [-0.3, -0.25) is 9.59 Å². The van der Waals surface area contributed by atoms with Gasteiger partial charge in [0.2, 0.25) is 11.8 Å². The topological polar surface area (TPSA) is 67.2 Å². The first kappa shape index (κ1) is 23.8. The quantitative estimate of drug-likeness (QED) is 0.526. The van der Waals surface area contributed by atoms with Crippen LogP contribution in [0.4, 0.5) is 0 Å². The first-order valence-electron chi connectivity index (χ1n) is 11.0. The van der Waals surface area contributed by atoms with E-state index in [0.29, 0.717) is 18.0 Å². The highest BCUT2D eigenvalue weighted by Crippen LogP contribution is 2.18. The lowest BCUT2D eigenvalue weighted by atomic mass is 10.1. The fraction of sp³-hybridized carbons (Fsp3) is 0.400. The highest BCUT2D eigenvalue weighted by molar-refractivity contribution is 6.31. The molecule has 0 saturated heterocycles. The predicted octanol–water partition coefficient (Wildman–Crippen LogP) is 4.24. The minimum atomic E-state index is -0.0948. The molecule has 0 aliphatic carbocycles. The molecule has 0 bridgehead atoms. The Balaban J connectivity index is 1.72. The van der Waals surface area contributed by atoms with Gasteiger partial charge in [0.15, 0.2) is 0 Å². The van der Waals surface area contributed by atoms with Crippen LogP contribution in [0.3, 0.4) is 0 Å². The van der Waals surface area contributed by atoms with Gasteiger partial charge in [-0.2, -0.15) is 0 Å². The first-order chi connectivity index (χ1) is 15.3. The van der Waals surface area contributed by atoms with E-state index in [2.05, 4.69) is 5.32 Å². The third-order valence-electron chi connectivity index (χ3n) is 5.41. The summed E-state index contributed by atoms with van der Waals surface area (Å²) in [5.74, 6) is 0.745. The summed E-state index contributed by atoms with van der Waals surface area (Å²) in [5, 5.41) is 3.53. The Morgan fingerprint density at radius 3 is 2.38 bits per heavy atom. The Hall–Kier alpha value is -2.86. The minimum Gasteiger partial charge on any atom is -0.355 e. The van der Waals surface area contributed by atoms with Crippen molar-refractivity contribution in [3.63, 3.8) is 0 Å². The van der Waals surface area contributed by atoms with Gasteiger partial charge >= 0.3 is 0 Å². The first-order valence-corrected chi connectivity index (χ1v) is 11.4. The van der Waals surface area contributed by atoms with E-state index in [4.69, 9.17) is 16.6 Å². The number of hydrogen-bond donors (Lipinski definition) is 1. The van der Waals surface area contributed by atoms with E-state index in [-0.39, 0.29) is 36.9 Å². The zero-order valence-electron chi connectivity index (χ0n) is 19.1. The number of aromatic nitrogens is 2. The molecular weight excluding hydrogens is 424 g/mol. The van der Waals surface area contributed by atoms with Gasteiger partial charge in [-0.15, -0.1) is 0 Å². The normalized spacial score (nSPS) is 11.3. The molecule has 0 spiro atoms.